The van der Waals surface area contributed by atoms with Crippen LogP contribution in [0.15, 0.2) is 18.2 Å². The second kappa shape index (κ2) is 5.45. The van der Waals surface area contributed by atoms with Crippen molar-refractivity contribution in [2.24, 2.45) is 11.8 Å². The molecular formula is C17H22O2Si. The van der Waals surface area contributed by atoms with Gasteiger partial charge in [-0.05, 0) is 24.1 Å². The zero-order valence-corrected chi connectivity index (χ0v) is 13.9. The average Bonchev–Trinajstić information content (AvgIpc) is 2.72. The number of Topliss-reactive ketones (excluding diaryl/α,β-unsaturated/α-hetero) is 1. The first-order valence-corrected chi connectivity index (χ1v) is 10.6. The number of ether oxygens (including phenoxy) is 1. The predicted molar refractivity (Wildman–Crippen MR) is 84.8 cm³/mol. The monoisotopic (exact) mass is 286 g/mol. The Morgan fingerprint density at radius 2 is 2.05 bits per heavy atom. The normalized spacial score (nSPS) is 19.1. The van der Waals surface area contributed by atoms with Gasteiger partial charge in [-0.3, -0.25) is 4.79 Å². The Labute approximate surface area is 122 Å². The first-order chi connectivity index (χ1) is 9.31. The lowest BCUT2D eigenvalue weighted by Gasteiger charge is -2.12. The van der Waals surface area contributed by atoms with Crippen LogP contribution in [0.4, 0.5) is 0 Å². The van der Waals surface area contributed by atoms with Gasteiger partial charge in [0.15, 0.2) is 5.78 Å². The van der Waals surface area contributed by atoms with Gasteiger partial charge in [0.1, 0.15) is 13.8 Å². The zero-order chi connectivity index (χ0) is 14.9. The maximum Gasteiger partial charge on any atom is 0.167 e. The van der Waals surface area contributed by atoms with E-state index in [2.05, 4.69) is 38.0 Å². The molecule has 2 atom stereocenters. The van der Waals surface area contributed by atoms with Crippen molar-refractivity contribution in [1.82, 2.24) is 0 Å². The van der Waals surface area contributed by atoms with Gasteiger partial charge in [0, 0.05) is 17.4 Å². The number of benzene rings is 1. The third-order valence-corrected chi connectivity index (χ3v) is 4.53. The van der Waals surface area contributed by atoms with Crippen molar-refractivity contribution in [1.29, 1.82) is 0 Å². The van der Waals surface area contributed by atoms with Crippen molar-refractivity contribution in [3.05, 3.63) is 29.3 Å². The van der Waals surface area contributed by atoms with Crippen LogP contribution < -0.4 is 4.74 Å². The van der Waals surface area contributed by atoms with Crippen molar-refractivity contribution in [3.8, 4) is 17.2 Å². The molecule has 1 aromatic rings. The molecule has 0 amide bonds. The van der Waals surface area contributed by atoms with Crippen LogP contribution in [0.2, 0.25) is 19.6 Å². The molecule has 2 nitrogen and oxygen atoms in total. The number of rotatable bonds is 2. The highest BCUT2D eigenvalue weighted by Crippen LogP contribution is 2.33. The minimum absolute atomic E-state index is 0.000885. The van der Waals surface area contributed by atoms with E-state index < -0.39 is 8.07 Å². The molecule has 0 aromatic heterocycles. The highest BCUT2D eigenvalue weighted by Gasteiger charge is 2.34. The van der Waals surface area contributed by atoms with Crippen molar-refractivity contribution in [3.63, 3.8) is 0 Å². The number of ketones is 1. The smallest absolute Gasteiger partial charge is 0.167 e. The van der Waals surface area contributed by atoms with Crippen LogP contribution >= 0.6 is 0 Å². The number of carbonyl (C=O) groups is 1. The maximum absolute atomic E-state index is 12.5. The molecule has 0 saturated carbocycles. The van der Waals surface area contributed by atoms with Gasteiger partial charge < -0.3 is 4.74 Å². The summed E-state index contributed by atoms with van der Waals surface area (Å²) in [5, 5.41) is 0. The molecule has 20 heavy (non-hydrogen) atoms. The summed E-state index contributed by atoms with van der Waals surface area (Å²) >= 11 is 0. The molecule has 106 valence electrons. The largest absolute Gasteiger partial charge is 0.497 e. The molecule has 0 saturated heterocycles. The summed E-state index contributed by atoms with van der Waals surface area (Å²) in [6.07, 6.45) is 0.805. The molecule has 2 rings (SSSR count). The Balaban J connectivity index is 2.22. The fourth-order valence-electron chi connectivity index (χ4n) is 2.45. The van der Waals surface area contributed by atoms with Gasteiger partial charge in [-0.25, -0.2) is 0 Å². The first kappa shape index (κ1) is 14.9. The fraction of sp³-hybridized carbons (Fsp3) is 0.471. The topological polar surface area (TPSA) is 26.3 Å². The van der Waals surface area contributed by atoms with E-state index in [-0.39, 0.29) is 17.6 Å². The summed E-state index contributed by atoms with van der Waals surface area (Å²) < 4.78 is 5.20. The van der Waals surface area contributed by atoms with Crippen LogP contribution in [0.5, 0.6) is 5.75 Å². The maximum atomic E-state index is 12.5. The second-order valence-electron chi connectivity index (χ2n) is 6.51. The molecule has 0 unspecified atom stereocenters. The van der Waals surface area contributed by atoms with Crippen LogP contribution in [0, 0.1) is 23.3 Å². The molecule has 0 fully saturated rings. The SMILES string of the molecule is COc1ccc2c(c1)C(=O)[C@@H]([C@H](C)C#C[Si](C)(C)C)C2. The van der Waals surface area contributed by atoms with Crippen molar-refractivity contribution >= 4 is 13.9 Å². The summed E-state index contributed by atoms with van der Waals surface area (Å²) in [5.74, 6) is 4.40. The molecule has 0 N–H and O–H groups in total. The molecule has 0 spiro atoms. The summed E-state index contributed by atoms with van der Waals surface area (Å²) in [5.41, 5.74) is 5.32. The van der Waals surface area contributed by atoms with Crippen LogP contribution in [-0.2, 0) is 6.42 Å². The predicted octanol–water partition coefficient (Wildman–Crippen LogP) is 3.57. The Bertz CT molecular complexity index is 587. The van der Waals surface area contributed by atoms with Gasteiger partial charge in [-0.1, -0.05) is 32.6 Å². The van der Waals surface area contributed by atoms with E-state index in [4.69, 9.17) is 4.74 Å². The van der Waals surface area contributed by atoms with E-state index in [0.29, 0.717) is 0 Å². The zero-order valence-electron chi connectivity index (χ0n) is 12.9. The number of hydrogen-bond acceptors (Lipinski definition) is 2. The fourth-order valence-corrected chi connectivity index (χ4v) is 3.11. The molecule has 0 heterocycles. The van der Waals surface area contributed by atoms with Crippen LogP contribution in [-0.4, -0.2) is 21.0 Å². The Hall–Kier alpha value is -1.53. The number of fused-ring (bicyclic) bond motifs is 1. The average molecular weight is 286 g/mol. The highest BCUT2D eigenvalue weighted by atomic mass is 28.3. The summed E-state index contributed by atoms with van der Waals surface area (Å²) in [4.78, 5) is 12.5. The molecule has 0 aliphatic heterocycles. The molecule has 0 radical (unpaired) electrons. The van der Waals surface area contributed by atoms with E-state index in [1.54, 1.807) is 7.11 Å². The lowest BCUT2D eigenvalue weighted by molar-refractivity contribution is 0.0916. The number of hydrogen-bond donors (Lipinski definition) is 0. The second-order valence-corrected chi connectivity index (χ2v) is 11.3. The van der Waals surface area contributed by atoms with Gasteiger partial charge in [-0.15, -0.1) is 11.5 Å². The minimum Gasteiger partial charge on any atom is -0.497 e. The van der Waals surface area contributed by atoms with E-state index in [1.807, 2.05) is 18.2 Å². The molecule has 1 aromatic carbocycles. The summed E-state index contributed by atoms with van der Waals surface area (Å²) in [7, 11) is 0.246. The standard InChI is InChI=1S/C17H22O2Si/c1-12(8-9-20(3,4)5)15-10-13-6-7-14(19-2)11-16(13)17(15)18/h6-7,11-12,15H,10H2,1-5H3/t12-,15-/m1/s1. The van der Waals surface area contributed by atoms with Crippen LogP contribution in [0.25, 0.3) is 0 Å². The third-order valence-electron chi connectivity index (χ3n) is 3.64. The molecule has 1 aliphatic rings. The Morgan fingerprint density at radius 3 is 2.65 bits per heavy atom. The van der Waals surface area contributed by atoms with Crippen LogP contribution in [0.1, 0.15) is 22.8 Å². The van der Waals surface area contributed by atoms with E-state index >= 15 is 0 Å². The van der Waals surface area contributed by atoms with Crippen molar-refractivity contribution in [2.75, 3.05) is 7.11 Å². The van der Waals surface area contributed by atoms with Crippen molar-refractivity contribution in [2.45, 2.75) is 33.0 Å². The third kappa shape index (κ3) is 3.13. The quantitative estimate of drug-likeness (QED) is 0.614. The molecule has 0 bridgehead atoms. The Morgan fingerprint density at radius 1 is 1.35 bits per heavy atom. The minimum atomic E-state index is -1.38. The van der Waals surface area contributed by atoms with Gasteiger partial charge in [0.2, 0.25) is 0 Å². The van der Waals surface area contributed by atoms with Crippen molar-refractivity contribution < 1.29 is 9.53 Å². The van der Waals surface area contributed by atoms with E-state index in [1.165, 1.54) is 0 Å². The summed E-state index contributed by atoms with van der Waals surface area (Å²) in [6, 6.07) is 5.79. The van der Waals surface area contributed by atoms with Gasteiger partial charge in [0.05, 0.1) is 7.11 Å². The number of methoxy groups -OCH3 is 1. The lowest BCUT2D eigenvalue weighted by Crippen LogP contribution is -2.20. The highest BCUT2D eigenvalue weighted by molar-refractivity contribution is 6.83. The van der Waals surface area contributed by atoms with Gasteiger partial charge >= 0.3 is 0 Å². The van der Waals surface area contributed by atoms with Crippen LogP contribution in [0.3, 0.4) is 0 Å². The number of carbonyl (C=O) groups excluding carboxylic acids is 1. The molecular weight excluding hydrogens is 264 g/mol. The molecule has 1 aliphatic carbocycles. The molecule has 3 heteroatoms. The lowest BCUT2D eigenvalue weighted by atomic mass is 9.91. The van der Waals surface area contributed by atoms with Gasteiger partial charge in [-0.2, -0.15) is 0 Å². The van der Waals surface area contributed by atoms with E-state index in [0.717, 1.165) is 23.3 Å². The first-order valence-electron chi connectivity index (χ1n) is 7.05. The van der Waals surface area contributed by atoms with Gasteiger partial charge in [0.25, 0.3) is 0 Å². The van der Waals surface area contributed by atoms with E-state index in [9.17, 15) is 4.79 Å². The Kier molecular flexibility index (Phi) is 4.05. The summed E-state index contributed by atoms with van der Waals surface area (Å²) in [6.45, 7) is 8.74.